The van der Waals surface area contributed by atoms with Crippen LogP contribution in [0.2, 0.25) is 0 Å². The van der Waals surface area contributed by atoms with Crippen molar-refractivity contribution in [3.63, 3.8) is 0 Å². The Kier molecular flexibility index (Phi) is 6.84. The van der Waals surface area contributed by atoms with Gasteiger partial charge in [0.15, 0.2) is 0 Å². The third kappa shape index (κ3) is 5.12. The van der Waals surface area contributed by atoms with E-state index in [0.717, 1.165) is 11.3 Å². The van der Waals surface area contributed by atoms with Crippen LogP contribution in [0.25, 0.3) is 0 Å². The second-order valence-electron chi connectivity index (χ2n) is 8.03. The molecule has 2 aromatic rings. The number of carbonyl (C=O) groups is 2. The first-order valence-electron chi connectivity index (χ1n) is 9.56. The zero-order chi connectivity index (χ0) is 20.9. The van der Waals surface area contributed by atoms with E-state index in [9.17, 15) is 9.59 Å². The highest BCUT2D eigenvalue weighted by Crippen LogP contribution is 2.25. The molecule has 0 aliphatic rings. The van der Waals surface area contributed by atoms with Gasteiger partial charge in [0.05, 0.1) is 0 Å². The molecule has 0 bridgehead atoms. The molecule has 5 heteroatoms. The summed E-state index contributed by atoms with van der Waals surface area (Å²) in [4.78, 5) is 29.9. The molecule has 0 atom stereocenters. The first-order valence-corrected chi connectivity index (χ1v) is 9.56. The summed E-state index contributed by atoms with van der Waals surface area (Å²) in [5.41, 5.74) is 1.58. The van der Waals surface area contributed by atoms with Crippen molar-refractivity contribution in [2.75, 3.05) is 24.3 Å². The third-order valence-electron chi connectivity index (χ3n) is 4.82. The van der Waals surface area contributed by atoms with Crippen molar-refractivity contribution in [2.24, 2.45) is 5.41 Å². The van der Waals surface area contributed by atoms with Crippen LogP contribution in [-0.4, -0.2) is 36.9 Å². The zero-order valence-electron chi connectivity index (χ0n) is 17.7. The van der Waals surface area contributed by atoms with Gasteiger partial charge in [-0.05, 0) is 57.5 Å². The Morgan fingerprint density at radius 1 is 0.964 bits per heavy atom. The number of rotatable bonds is 7. The molecule has 0 radical (unpaired) electrons. The minimum absolute atomic E-state index is 0.0147. The van der Waals surface area contributed by atoms with Crippen LogP contribution in [0.15, 0.2) is 54.6 Å². The van der Waals surface area contributed by atoms with E-state index in [1.165, 1.54) is 0 Å². The second kappa shape index (κ2) is 8.91. The topological polar surface area (TPSA) is 52.7 Å². The molecule has 0 fully saturated rings. The molecule has 0 aliphatic carbocycles. The van der Waals surface area contributed by atoms with E-state index in [1.54, 1.807) is 18.7 Å². The van der Waals surface area contributed by atoms with Crippen LogP contribution in [0.3, 0.4) is 0 Å². The van der Waals surface area contributed by atoms with Crippen LogP contribution in [0.5, 0.6) is 0 Å². The molecule has 0 spiro atoms. The van der Waals surface area contributed by atoms with Gasteiger partial charge in [-0.2, -0.15) is 0 Å². The summed E-state index contributed by atoms with van der Waals surface area (Å²) >= 11 is 0. The third-order valence-corrected chi connectivity index (χ3v) is 4.82. The van der Waals surface area contributed by atoms with Gasteiger partial charge in [-0.3, -0.25) is 9.59 Å². The number of hydrogen-bond acceptors (Lipinski definition) is 3. The summed E-state index contributed by atoms with van der Waals surface area (Å²) in [6, 6.07) is 17.4. The van der Waals surface area contributed by atoms with Crippen molar-refractivity contribution >= 4 is 23.2 Å². The van der Waals surface area contributed by atoms with E-state index < -0.39 is 5.41 Å². The van der Waals surface area contributed by atoms with E-state index in [2.05, 4.69) is 5.32 Å². The molecule has 2 amide bonds. The summed E-state index contributed by atoms with van der Waals surface area (Å²) in [5.74, 6) is -0.498. The van der Waals surface area contributed by atoms with Crippen LogP contribution >= 0.6 is 0 Å². The van der Waals surface area contributed by atoms with E-state index in [4.69, 9.17) is 0 Å². The summed E-state index contributed by atoms with van der Waals surface area (Å²) in [7, 11) is 3.92. The van der Waals surface area contributed by atoms with Gasteiger partial charge in [0.25, 0.3) is 0 Å². The number of anilines is 2. The van der Waals surface area contributed by atoms with Gasteiger partial charge in [-0.25, -0.2) is 0 Å². The smallest absolute Gasteiger partial charge is 0.239 e. The number of hydrogen-bond donors (Lipinski definition) is 1. The van der Waals surface area contributed by atoms with Crippen molar-refractivity contribution in [1.29, 1.82) is 0 Å². The maximum absolute atomic E-state index is 13.2. The Morgan fingerprint density at radius 3 is 2.04 bits per heavy atom. The van der Waals surface area contributed by atoms with Crippen LogP contribution in [0.1, 0.15) is 33.3 Å². The second-order valence-corrected chi connectivity index (χ2v) is 8.03. The summed E-state index contributed by atoms with van der Waals surface area (Å²) < 4.78 is 0. The molecule has 0 aliphatic heterocycles. The molecule has 28 heavy (non-hydrogen) atoms. The molecular formula is C23H31N3O2. The van der Waals surface area contributed by atoms with Crippen LogP contribution in [0.4, 0.5) is 11.4 Å². The van der Waals surface area contributed by atoms with E-state index in [0.29, 0.717) is 12.2 Å². The largest absolute Gasteiger partial charge is 0.378 e. The SMILES string of the molecule is CC(C)N(Cc1ccccc1)C(=O)C(C)(C)C(=O)Nc1ccc(N(C)C)cc1. The van der Waals surface area contributed by atoms with Gasteiger partial charge in [0, 0.05) is 38.1 Å². The Hall–Kier alpha value is -2.82. The Labute approximate surface area is 168 Å². The van der Waals surface area contributed by atoms with Crippen LogP contribution in [0, 0.1) is 5.41 Å². The van der Waals surface area contributed by atoms with Crippen molar-refractivity contribution in [3.8, 4) is 0 Å². The quantitative estimate of drug-likeness (QED) is 0.733. The fourth-order valence-corrected chi connectivity index (χ4v) is 2.86. The lowest BCUT2D eigenvalue weighted by Gasteiger charge is -2.34. The lowest BCUT2D eigenvalue weighted by atomic mass is 9.89. The van der Waals surface area contributed by atoms with E-state index in [1.807, 2.05) is 87.4 Å². The minimum Gasteiger partial charge on any atom is -0.378 e. The van der Waals surface area contributed by atoms with Crippen LogP contribution < -0.4 is 10.2 Å². The van der Waals surface area contributed by atoms with Crippen molar-refractivity contribution in [1.82, 2.24) is 4.90 Å². The van der Waals surface area contributed by atoms with Gasteiger partial charge >= 0.3 is 0 Å². The van der Waals surface area contributed by atoms with Gasteiger partial charge in [0.1, 0.15) is 5.41 Å². The molecule has 0 unspecified atom stereocenters. The number of nitrogens with one attached hydrogen (secondary N) is 1. The normalized spacial score (nSPS) is 11.2. The van der Waals surface area contributed by atoms with Crippen molar-refractivity contribution in [2.45, 2.75) is 40.3 Å². The van der Waals surface area contributed by atoms with E-state index >= 15 is 0 Å². The standard InChI is InChI=1S/C23H31N3O2/c1-17(2)26(16-18-10-8-7-9-11-18)22(28)23(3,4)21(27)24-19-12-14-20(15-13-19)25(5)6/h7-15,17H,16H2,1-6H3,(H,24,27). The minimum atomic E-state index is -1.18. The first kappa shape index (κ1) is 21.5. The molecule has 0 aromatic heterocycles. The highest BCUT2D eigenvalue weighted by Gasteiger charge is 2.40. The van der Waals surface area contributed by atoms with Gasteiger partial charge in [0.2, 0.25) is 11.8 Å². The molecular weight excluding hydrogens is 350 g/mol. The zero-order valence-corrected chi connectivity index (χ0v) is 17.7. The predicted octanol–water partition coefficient (Wildman–Crippen LogP) is 4.15. The first-order chi connectivity index (χ1) is 13.1. The van der Waals surface area contributed by atoms with Crippen LogP contribution in [-0.2, 0) is 16.1 Å². The van der Waals surface area contributed by atoms with E-state index in [-0.39, 0.29) is 17.9 Å². The number of amides is 2. The van der Waals surface area contributed by atoms with Crippen molar-refractivity contribution in [3.05, 3.63) is 60.2 Å². The lowest BCUT2D eigenvalue weighted by molar-refractivity contribution is -0.148. The average molecular weight is 382 g/mol. The molecule has 150 valence electrons. The lowest BCUT2D eigenvalue weighted by Crippen LogP contribution is -2.49. The molecule has 0 heterocycles. The number of carbonyl (C=O) groups excluding carboxylic acids is 2. The average Bonchev–Trinajstić information content (AvgIpc) is 2.66. The monoisotopic (exact) mass is 381 g/mol. The van der Waals surface area contributed by atoms with Gasteiger partial charge < -0.3 is 15.1 Å². The predicted molar refractivity (Wildman–Crippen MR) is 115 cm³/mol. The Balaban J connectivity index is 2.15. The maximum Gasteiger partial charge on any atom is 0.239 e. The highest BCUT2D eigenvalue weighted by molar-refractivity contribution is 6.09. The number of nitrogens with zero attached hydrogens (tertiary/aromatic N) is 2. The molecule has 0 saturated heterocycles. The summed E-state index contributed by atoms with van der Waals surface area (Å²) in [6.07, 6.45) is 0. The fourth-order valence-electron chi connectivity index (χ4n) is 2.86. The maximum atomic E-state index is 13.2. The molecule has 0 saturated carbocycles. The summed E-state index contributed by atoms with van der Waals surface area (Å²) in [5, 5.41) is 2.88. The molecule has 1 N–H and O–H groups in total. The van der Waals surface area contributed by atoms with Gasteiger partial charge in [-0.15, -0.1) is 0 Å². The molecule has 5 nitrogen and oxygen atoms in total. The van der Waals surface area contributed by atoms with Crippen molar-refractivity contribution < 1.29 is 9.59 Å². The highest BCUT2D eigenvalue weighted by atomic mass is 16.2. The molecule has 2 rings (SSSR count). The summed E-state index contributed by atoms with van der Waals surface area (Å²) in [6.45, 7) is 7.77. The van der Waals surface area contributed by atoms with Gasteiger partial charge in [-0.1, -0.05) is 30.3 Å². The fraction of sp³-hybridized carbons (Fsp3) is 0.391. The Morgan fingerprint density at radius 2 is 1.54 bits per heavy atom. The Bertz CT molecular complexity index is 796. The molecule has 2 aromatic carbocycles. The number of benzene rings is 2.